The second-order valence-electron chi connectivity index (χ2n) is 6.41. The maximum atomic E-state index is 12.7. The summed E-state index contributed by atoms with van der Waals surface area (Å²) < 4.78 is 28.0. The lowest BCUT2D eigenvalue weighted by Gasteiger charge is -2.13. The molecule has 4 rings (SSSR count). The molecule has 0 saturated heterocycles. The average molecular weight is 444 g/mol. The zero-order chi connectivity index (χ0) is 20.4. The van der Waals surface area contributed by atoms with Crippen molar-refractivity contribution in [2.45, 2.75) is 11.3 Å². The lowest BCUT2D eigenvalue weighted by atomic mass is 10.0. The Labute approximate surface area is 178 Å². The van der Waals surface area contributed by atoms with Gasteiger partial charge in [0.05, 0.1) is 4.90 Å². The van der Waals surface area contributed by atoms with Gasteiger partial charge in [-0.15, -0.1) is 0 Å². The van der Waals surface area contributed by atoms with E-state index in [1.54, 1.807) is 0 Å². The summed E-state index contributed by atoms with van der Waals surface area (Å²) in [6, 6.07) is 19.9. The minimum atomic E-state index is -3.85. The molecule has 0 amide bonds. The molecule has 8 heteroatoms. The van der Waals surface area contributed by atoms with E-state index in [0.717, 1.165) is 16.3 Å². The van der Waals surface area contributed by atoms with Gasteiger partial charge in [0.15, 0.2) is 0 Å². The van der Waals surface area contributed by atoms with Crippen LogP contribution in [0.5, 0.6) is 0 Å². The van der Waals surface area contributed by atoms with Crippen LogP contribution in [0.3, 0.4) is 0 Å². The average Bonchev–Trinajstić information content (AvgIpc) is 2.70. The Morgan fingerprint density at radius 1 is 0.862 bits per heavy atom. The van der Waals surface area contributed by atoms with Crippen molar-refractivity contribution in [3.63, 3.8) is 0 Å². The van der Waals surface area contributed by atoms with Gasteiger partial charge >= 0.3 is 0 Å². The molecule has 0 aliphatic rings. The zero-order valence-electron chi connectivity index (χ0n) is 15.0. The molecule has 29 heavy (non-hydrogen) atoms. The van der Waals surface area contributed by atoms with E-state index in [1.807, 2.05) is 42.5 Å². The maximum Gasteiger partial charge on any atom is 0.263 e. The van der Waals surface area contributed by atoms with Crippen molar-refractivity contribution >= 4 is 49.8 Å². The van der Waals surface area contributed by atoms with Crippen LogP contribution in [0.2, 0.25) is 10.2 Å². The molecule has 1 aromatic heterocycles. The molecule has 4 aromatic rings. The first-order valence-corrected chi connectivity index (χ1v) is 10.9. The molecule has 0 aliphatic heterocycles. The number of benzene rings is 3. The molecule has 0 bridgehead atoms. The van der Waals surface area contributed by atoms with Gasteiger partial charge in [-0.2, -0.15) is 0 Å². The van der Waals surface area contributed by atoms with E-state index in [9.17, 15) is 8.42 Å². The Morgan fingerprint density at radius 3 is 2.34 bits per heavy atom. The normalized spacial score (nSPS) is 11.5. The molecule has 1 N–H and O–H groups in total. The molecule has 146 valence electrons. The Kier molecular flexibility index (Phi) is 5.41. The summed E-state index contributed by atoms with van der Waals surface area (Å²) in [5.41, 5.74) is 1.47. The SMILES string of the molecule is O=S(=O)(Nc1ncnc(Cl)c1Cc1ccc2ccccc2c1)c1ccc(Cl)cc1. The molecule has 0 radical (unpaired) electrons. The largest absolute Gasteiger partial charge is 0.263 e. The van der Waals surface area contributed by atoms with Crippen molar-refractivity contribution in [2.24, 2.45) is 0 Å². The standard InChI is InChI=1S/C21H15Cl2N3O2S/c22-17-7-9-18(10-8-17)29(27,28)26-21-19(20(23)24-13-25-21)12-14-5-6-15-3-1-2-4-16(15)11-14/h1-11,13H,12H2,(H,24,25,26). The third-order valence-electron chi connectivity index (χ3n) is 4.44. The van der Waals surface area contributed by atoms with Crippen LogP contribution in [0.25, 0.3) is 10.8 Å². The fraction of sp³-hybridized carbons (Fsp3) is 0.0476. The van der Waals surface area contributed by atoms with Gasteiger partial charge in [0.1, 0.15) is 17.3 Å². The van der Waals surface area contributed by atoms with Crippen LogP contribution >= 0.6 is 23.2 Å². The summed E-state index contributed by atoms with van der Waals surface area (Å²) in [6.07, 6.45) is 1.61. The van der Waals surface area contributed by atoms with E-state index in [-0.39, 0.29) is 15.9 Å². The van der Waals surface area contributed by atoms with Crippen LogP contribution in [-0.2, 0) is 16.4 Å². The predicted octanol–water partition coefficient (Wildman–Crippen LogP) is 5.33. The fourth-order valence-corrected chi connectivity index (χ4v) is 4.36. The Balaban J connectivity index is 1.68. The summed E-state index contributed by atoms with van der Waals surface area (Å²) in [4.78, 5) is 8.21. The van der Waals surface area contributed by atoms with Crippen LogP contribution in [0.4, 0.5) is 5.82 Å². The van der Waals surface area contributed by atoms with Gasteiger partial charge in [0.25, 0.3) is 10.0 Å². The second kappa shape index (κ2) is 7.99. The van der Waals surface area contributed by atoms with Crippen LogP contribution in [0.1, 0.15) is 11.1 Å². The molecular formula is C21H15Cl2N3O2S. The van der Waals surface area contributed by atoms with E-state index >= 15 is 0 Å². The topological polar surface area (TPSA) is 72.0 Å². The first kappa shape index (κ1) is 19.6. The number of anilines is 1. The maximum absolute atomic E-state index is 12.7. The number of hydrogen-bond donors (Lipinski definition) is 1. The molecule has 0 atom stereocenters. The molecule has 0 unspecified atom stereocenters. The highest BCUT2D eigenvalue weighted by molar-refractivity contribution is 7.92. The monoisotopic (exact) mass is 443 g/mol. The van der Waals surface area contributed by atoms with Gasteiger partial charge in [-0.1, -0.05) is 65.7 Å². The molecule has 0 spiro atoms. The molecule has 1 heterocycles. The highest BCUT2D eigenvalue weighted by Gasteiger charge is 2.19. The van der Waals surface area contributed by atoms with Crippen LogP contribution in [-0.4, -0.2) is 18.4 Å². The second-order valence-corrected chi connectivity index (χ2v) is 8.89. The Bertz CT molecular complexity index is 1290. The van der Waals surface area contributed by atoms with Gasteiger partial charge in [-0.3, -0.25) is 4.72 Å². The fourth-order valence-electron chi connectivity index (χ4n) is 2.99. The lowest BCUT2D eigenvalue weighted by Crippen LogP contribution is -2.16. The molecule has 0 fully saturated rings. The minimum absolute atomic E-state index is 0.0771. The summed E-state index contributed by atoms with van der Waals surface area (Å²) in [6.45, 7) is 0. The van der Waals surface area contributed by atoms with Gasteiger partial charge in [0.2, 0.25) is 0 Å². The highest BCUT2D eigenvalue weighted by Crippen LogP contribution is 2.27. The number of fused-ring (bicyclic) bond motifs is 1. The first-order chi connectivity index (χ1) is 13.9. The first-order valence-electron chi connectivity index (χ1n) is 8.68. The summed E-state index contributed by atoms with van der Waals surface area (Å²) >= 11 is 12.1. The van der Waals surface area contributed by atoms with E-state index in [4.69, 9.17) is 23.2 Å². The van der Waals surface area contributed by atoms with Crippen LogP contribution in [0, 0.1) is 0 Å². The van der Waals surface area contributed by atoms with Crippen molar-refractivity contribution in [2.75, 3.05) is 4.72 Å². The number of nitrogens with one attached hydrogen (secondary N) is 1. The van der Waals surface area contributed by atoms with Gasteiger partial charge in [-0.05, 0) is 40.6 Å². The molecule has 0 saturated carbocycles. The van der Waals surface area contributed by atoms with E-state index in [1.165, 1.54) is 30.6 Å². The predicted molar refractivity (Wildman–Crippen MR) is 116 cm³/mol. The van der Waals surface area contributed by atoms with Crippen LogP contribution < -0.4 is 4.72 Å². The van der Waals surface area contributed by atoms with Gasteiger partial charge in [-0.25, -0.2) is 18.4 Å². The Morgan fingerprint density at radius 2 is 1.59 bits per heavy atom. The quantitative estimate of drug-likeness (QED) is 0.423. The number of hydrogen-bond acceptors (Lipinski definition) is 4. The van der Waals surface area contributed by atoms with Gasteiger partial charge < -0.3 is 0 Å². The highest BCUT2D eigenvalue weighted by atomic mass is 35.5. The van der Waals surface area contributed by atoms with E-state index < -0.39 is 10.0 Å². The van der Waals surface area contributed by atoms with Crippen molar-refractivity contribution in [3.05, 3.63) is 94.4 Å². The Hall–Kier alpha value is -2.67. The number of halogens is 2. The van der Waals surface area contributed by atoms with Crippen molar-refractivity contribution < 1.29 is 8.42 Å². The van der Waals surface area contributed by atoms with E-state index in [2.05, 4.69) is 14.7 Å². The number of sulfonamides is 1. The lowest BCUT2D eigenvalue weighted by molar-refractivity contribution is 0.601. The summed E-state index contributed by atoms with van der Waals surface area (Å²) in [5.74, 6) is 0.146. The smallest absolute Gasteiger partial charge is 0.263 e. The summed E-state index contributed by atoms with van der Waals surface area (Å²) in [7, 11) is -3.85. The van der Waals surface area contributed by atoms with Crippen molar-refractivity contribution in [1.29, 1.82) is 0 Å². The number of rotatable bonds is 5. The molecule has 5 nitrogen and oxygen atoms in total. The minimum Gasteiger partial charge on any atom is -0.263 e. The number of nitrogens with zero attached hydrogens (tertiary/aromatic N) is 2. The van der Waals surface area contributed by atoms with E-state index in [0.29, 0.717) is 17.0 Å². The van der Waals surface area contributed by atoms with Crippen LogP contribution in [0.15, 0.2) is 78.0 Å². The third-order valence-corrected chi connectivity index (χ3v) is 6.38. The van der Waals surface area contributed by atoms with Crippen molar-refractivity contribution in [1.82, 2.24) is 9.97 Å². The van der Waals surface area contributed by atoms with Crippen molar-refractivity contribution in [3.8, 4) is 0 Å². The molecule has 0 aliphatic carbocycles. The number of aromatic nitrogens is 2. The van der Waals surface area contributed by atoms with Gasteiger partial charge in [0, 0.05) is 17.0 Å². The third kappa shape index (κ3) is 4.34. The molecular weight excluding hydrogens is 429 g/mol. The summed E-state index contributed by atoms with van der Waals surface area (Å²) in [5, 5.41) is 2.85. The zero-order valence-corrected chi connectivity index (χ0v) is 17.3. The molecule has 3 aromatic carbocycles.